The van der Waals surface area contributed by atoms with Crippen molar-refractivity contribution in [3.05, 3.63) is 60.2 Å². The van der Waals surface area contributed by atoms with E-state index in [9.17, 15) is 4.79 Å². The third kappa shape index (κ3) is 7.27. The largest absolute Gasteiger partial charge is 0.494 e. The van der Waals surface area contributed by atoms with Crippen molar-refractivity contribution in [3.8, 4) is 11.5 Å². The molecule has 0 heterocycles. The van der Waals surface area contributed by atoms with Crippen LogP contribution in [0.1, 0.15) is 18.9 Å². The zero-order valence-corrected chi connectivity index (χ0v) is 14.5. The third-order valence-electron chi connectivity index (χ3n) is 3.66. The summed E-state index contributed by atoms with van der Waals surface area (Å²) in [6.07, 6.45) is 0.949. The van der Waals surface area contributed by atoms with Crippen molar-refractivity contribution >= 4 is 5.97 Å². The molecule has 134 valence electrons. The van der Waals surface area contributed by atoms with Crippen molar-refractivity contribution in [2.75, 3.05) is 19.7 Å². The van der Waals surface area contributed by atoms with E-state index in [0.29, 0.717) is 12.4 Å². The van der Waals surface area contributed by atoms with Crippen LogP contribution in [0.25, 0.3) is 0 Å². The first kappa shape index (κ1) is 18.8. The molecule has 0 bridgehead atoms. The van der Waals surface area contributed by atoms with Gasteiger partial charge < -0.3 is 19.9 Å². The van der Waals surface area contributed by atoms with Gasteiger partial charge in [-0.2, -0.15) is 0 Å². The van der Waals surface area contributed by atoms with Crippen LogP contribution < -0.4 is 14.8 Å². The minimum atomic E-state index is -0.968. The van der Waals surface area contributed by atoms with Crippen LogP contribution in [0.15, 0.2) is 54.6 Å². The van der Waals surface area contributed by atoms with E-state index in [1.54, 1.807) is 6.07 Å². The van der Waals surface area contributed by atoms with Gasteiger partial charge in [0.05, 0.1) is 6.61 Å². The lowest BCUT2D eigenvalue weighted by molar-refractivity contribution is -0.144. The van der Waals surface area contributed by atoms with E-state index in [2.05, 4.69) is 5.32 Å². The fourth-order valence-corrected chi connectivity index (χ4v) is 2.29. The first-order valence-corrected chi connectivity index (χ1v) is 8.52. The highest BCUT2D eigenvalue weighted by molar-refractivity contribution is 5.72. The van der Waals surface area contributed by atoms with Crippen LogP contribution in [0.4, 0.5) is 0 Å². The van der Waals surface area contributed by atoms with Gasteiger partial charge in [-0.05, 0) is 62.7 Å². The van der Waals surface area contributed by atoms with Gasteiger partial charge in [0.1, 0.15) is 11.5 Å². The Morgan fingerprint density at radius 1 is 1.08 bits per heavy atom. The first-order valence-electron chi connectivity index (χ1n) is 8.52. The summed E-state index contributed by atoms with van der Waals surface area (Å²) in [4.78, 5) is 10.8. The van der Waals surface area contributed by atoms with Crippen molar-refractivity contribution in [1.82, 2.24) is 5.32 Å². The smallest absolute Gasteiger partial charge is 0.344 e. The summed E-state index contributed by atoms with van der Waals surface area (Å²) in [6, 6.07) is 17.4. The molecular formula is C20H25NO4. The maximum absolute atomic E-state index is 10.8. The third-order valence-corrected chi connectivity index (χ3v) is 3.66. The zero-order valence-electron chi connectivity index (χ0n) is 14.5. The molecule has 0 amide bonds. The Balaban J connectivity index is 1.61. The van der Waals surface area contributed by atoms with E-state index >= 15 is 0 Å². The predicted molar refractivity (Wildman–Crippen MR) is 97.3 cm³/mol. The fraction of sp³-hybridized carbons (Fsp3) is 0.350. The summed E-state index contributed by atoms with van der Waals surface area (Å²) in [5.41, 5.74) is 1.11. The van der Waals surface area contributed by atoms with Gasteiger partial charge >= 0.3 is 5.97 Å². The Labute approximate surface area is 148 Å². The lowest BCUT2D eigenvalue weighted by atomic mass is 10.1. The second-order valence-electron chi connectivity index (χ2n) is 5.76. The van der Waals surface area contributed by atoms with Crippen LogP contribution in [0.3, 0.4) is 0 Å². The average Bonchev–Trinajstić information content (AvgIpc) is 2.62. The molecule has 1 atom stereocenters. The van der Waals surface area contributed by atoms with Crippen LogP contribution in [-0.4, -0.2) is 36.9 Å². The van der Waals surface area contributed by atoms with E-state index in [4.69, 9.17) is 14.6 Å². The van der Waals surface area contributed by atoms with Crippen molar-refractivity contribution in [2.45, 2.75) is 25.9 Å². The molecule has 25 heavy (non-hydrogen) atoms. The average molecular weight is 343 g/mol. The highest BCUT2D eigenvalue weighted by atomic mass is 16.5. The Kier molecular flexibility index (Phi) is 7.79. The SMILES string of the molecule is CC(Oc1cccc(CCNCCCOc2ccccc2)c1)C(=O)O. The van der Waals surface area contributed by atoms with Gasteiger partial charge in [-0.15, -0.1) is 0 Å². The standard InChI is InChI=1S/C20H25NO4/c1-16(20(22)23)25-19-10-5-7-17(15-19)11-13-21-12-6-14-24-18-8-3-2-4-9-18/h2-5,7-10,15-16,21H,6,11-14H2,1H3,(H,22,23). The van der Waals surface area contributed by atoms with Crippen LogP contribution in [0, 0.1) is 0 Å². The Hall–Kier alpha value is -2.53. The normalized spacial score (nSPS) is 11.7. The zero-order chi connectivity index (χ0) is 17.9. The molecule has 2 N–H and O–H groups in total. The van der Waals surface area contributed by atoms with Crippen molar-refractivity contribution in [1.29, 1.82) is 0 Å². The second-order valence-corrected chi connectivity index (χ2v) is 5.76. The Morgan fingerprint density at radius 3 is 2.60 bits per heavy atom. The molecule has 0 aliphatic heterocycles. The number of benzene rings is 2. The van der Waals surface area contributed by atoms with Gasteiger partial charge in [0.15, 0.2) is 6.10 Å². The van der Waals surface area contributed by atoms with Crippen LogP contribution in [0.2, 0.25) is 0 Å². The van der Waals surface area contributed by atoms with Crippen LogP contribution in [0.5, 0.6) is 11.5 Å². The molecule has 0 aliphatic rings. The lowest BCUT2D eigenvalue weighted by Crippen LogP contribution is -2.23. The minimum absolute atomic E-state index is 0.587. The van der Waals surface area contributed by atoms with Gasteiger partial charge in [0.2, 0.25) is 0 Å². The second kappa shape index (κ2) is 10.4. The molecule has 0 saturated heterocycles. The molecule has 2 rings (SSSR count). The van der Waals surface area contributed by atoms with Gasteiger partial charge in [0.25, 0.3) is 0 Å². The van der Waals surface area contributed by atoms with Gasteiger partial charge in [0, 0.05) is 0 Å². The summed E-state index contributed by atoms with van der Waals surface area (Å²) >= 11 is 0. The monoisotopic (exact) mass is 343 g/mol. The number of hydrogen-bond donors (Lipinski definition) is 2. The predicted octanol–water partition coefficient (Wildman–Crippen LogP) is 3.14. The number of carboxylic acids is 1. The first-order chi connectivity index (χ1) is 12.1. The molecule has 0 fully saturated rings. The quantitative estimate of drug-likeness (QED) is 0.614. The van der Waals surface area contributed by atoms with Gasteiger partial charge in [-0.1, -0.05) is 30.3 Å². The minimum Gasteiger partial charge on any atom is -0.494 e. The summed E-state index contributed by atoms with van der Waals surface area (Å²) in [7, 11) is 0. The molecule has 5 heteroatoms. The van der Waals surface area contributed by atoms with E-state index < -0.39 is 12.1 Å². The highest BCUT2D eigenvalue weighted by Crippen LogP contribution is 2.15. The van der Waals surface area contributed by atoms with Crippen molar-refractivity contribution in [3.63, 3.8) is 0 Å². The number of hydrogen-bond acceptors (Lipinski definition) is 4. The lowest BCUT2D eigenvalue weighted by Gasteiger charge is -2.11. The molecule has 0 aliphatic carbocycles. The molecule has 2 aromatic rings. The Morgan fingerprint density at radius 2 is 1.84 bits per heavy atom. The molecular weight excluding hydrogens is 318 g/mol. The maximum Gasteiger partial charge on any atom is 0.344 e. The number of carbonyl (C=O) groups is 1. The molecule has 5 nitrogen and oxygen atoms in total. The van der Waals surface area contributed by atoms with Crippen LogP contribution in [-0.2, 0) is 11.2 Å². The van der Waals surface area contributed by atoms with Crippen LogP contribution >= 0.6 is 0 Å². The number of aliphatic carboxylic acids is 1. The van der Waals surface area contributed by atoms with Gasteiger partial charge in [-0.25, -0.2) is 4.79 Å². The maximum atomic E-state index is 10.8. The molecule has 0 radical (unpaired) electrons. The van der Waals surface area contributed by atoms with E-state index in [-0.39, 0.29) is 0 Å². The van der Waals surface area contributed by atoms with Crippen molar-refractivity contribution in [2.24, 2.45) is 0 Å². The number of ether oxygens (including phenoxy) is 2. The highest BCUT2D eigenvalue weighted by Gasteiger charge is 2.12. The molecule has 0 spiro atoms. The topological polar surface area (TPSA) is 67.8 Å². The number of para-hydroxylation sites is 1. The summed E-state index contributed by atoms with van der Waals surface area (Å²) in [5.74, 6) is 0.517. The number of nitrogens with one attached hydrogen (secondary N) is 1. The summed E-state index contributed by atoms with van der Waals surface area (Å²) < 4.78 is 11.0. The molecule has 2 aromatic carbocycles. The number of carboxylic acid groups (broad SMARTS) is 1. The fourth-order valence-electron chi connectivity index (χ4n) is 2.29. The Bertz CT molecular complexity index is 645. The van der Waals surface area contributed by atoms with Gasteiger partial charge in [-0.3, -0.25) is 0 Å². The van der Waals surface area contributed by atoms with E-state index in [0.717, 1.165) is 37.2 Å². The van der Waals surface area contributed by atoms with Crippen molar-refractivity contribution < 1.29 is 19.4 Å². The van der Waals surface area contributed by atoms with E-state index in [1.807, 2.05) is 48.5 Å². The molecule has 0 aromatic heterocycles. The van der Waals surface area contributed by atoms with E-state index in [1.165, 1.54) is 6.92 Å². The number of rotatable bonds is 11. The summed E-state index contributed by atoms with van der Waals surface area (Å²) in [6.45, 7) is 3.95. The molecule has 1 unspecified atom stereocenters. The summed E-state index contributed by atoms with van der Waals surface area (Å²) in [5, 5.41) is 12.3. The molecule has 0 saturated carbocycles.